The summed E-state index contributed by atoms with van der Waals surface area (Å²) in [7, 11) is 0. The Morgan fingerprint density at radius 1 is 1.45 bits per heavy atom. The first-order valence-corrected chi connectivity index (χ1v) is 6.35. The first kappa shape index (κ1) is 14.2. The molecule has 0 spiro atoms. The van der Waals surface area contributed by atoms with E-state index in [9.17, 15) is 14.9 Å². The van der Waals surface area contributed by atoms with Crippen molar-refractivity contribution in [3.05, 3.63) is 49.7 Å². The zero-order chi connectivity index (χ0) is 15.0. The summed E-state index contributed by atoms with van der Waals surface area (Å²) in [5, 5.41) is 24.0. The maximum atomic E-state index is 11.0. The van der Waals surface area contributed by atoms with Gasteiger partial charge in [-0.1, -0.05) is 0 Å². The van der Waals surface area contributed by atoms with Crippen molar-refractivity contribution in [1.29, 1.82) is 0 Å². The Bertz CT molecular complexity index is 724. The Morgan fingerprint density at radius 2 is 2.10 bits per heavy atom. The second kappa shape index (κ2) is 5.04. The predicted octanol–water partition coefficient (Wildman–Crippen LogP) is 2.86. The molecular weight excluding hydrogens is 330 g/mol. The number of halogens is 1. The van der Waals surface area contributed by atoms with Gasteiger partial charge in [-0.2, -0.15) is 5.10 Å². The second-order valence-electron chi connectivity index (χ2n) is 4.23. The third kappa shape index (κ3) is 2.42. The average molecular weight is 340 g/mol. The number of benzene rings is 1. The molecule has 0 saturated carbocycles. The topological polar surface area (TPSA) is 98.3 Å². The molecule has 104 valence electrons. The minimum Gasteiger partial charge on any atom is -0.478 e. The number of carboxylic acids is 1. The van der Waals surface area contributed by atoms with Gasteiger partial charge in [0, 0.05) is 17.8 Å². The van der Waals surface area contributed by atoms with Crippen LogP contribution in [0.25, 0.3) is 5.69 Å². The molecule has 2 aromatic rings. The van der Waals surface area contributed by atoms with Crippen LogP contribution in [0, 0.1) is 24.0 Å². The van der Waals surface area contributed by atoms with E-state index in [2.05, 4.69) is 21.0 Å². The van der Waals surface area contributed by atoms with Gasteiger partial charge in [0.2, 0.25) is 0 Å². The maximum Gasteiger partial charge on any atom is 0.339 e. The highest BCUT2D eigenvalue weighted by Crippen LogP contribution is 2.29. The molecule has 0 radical (unpaired) electrons. The molecule has 1 N–H and O–H groups in total. The minimum absolute atomic E-state index is 0.0111. The molecule has 0 aliphatic carbocycles. The van der Waals surface area contributed by atoms with E-state index in [1.54, 1.807) is 19.9 Å². The van der Waals surface area contributed by atoms with Crippen molar-refractivity contribution in [2.24, 2.45) is 0 Å². The summed E-state index contributed by atoms with van der Waals surface area (Å²) in [6.07, 6.45) is 1.38. The number of rotatable bonds is 3. The Labute approximate surface area is 122 Å². The quantitative estimate of drug-likeness (QED) is 0.684. The van der Waals surface area contributed by atoms with Crippen LogP contribution in [0.15, 0.2) is 22.8 Å². The summed E-state index contributed by atoms with van der Waals surface area (Å²) >= 11 is 3.24. The summed E-state index contributed by atoms with van der Waals surface area (Å²) in [6.45, 7) is 3.20. The van der Waals surface area contributed by atoms with Gasteiger partial charge in [-0.25, -0.2) is 9.48 Å². The SMILES string of the molecule is Cc1cc(-n2cc(C(=O)O)c(C)n2)c(Br)cc1[N+](=O)[O-]. The fraction of sp³-hybridized carbons (Fsp3) is 0.167. The fourth-order valence-electron chi connectivity index (χ4n) is 1.82. The first-order chi connectivity index (χ1) is 9.31. The van der Waals surface area contributed by atoms with Gasteiger partial charge in [-0.05, 0) is 35.8 Å². The van der Waals surface area contributed by atoms with E-state index in [4.69, 9.17) is 5.11 Å². The highest BCUT2D eigenvalue weighted by atomic mass is 79.9. The van der Waals surface area contributed by atoms with Crippen LogP contribution in [0.1, 0.15) is 21.6 Å². The molecule has 0 atom stereocenters. The zero-order valence-corrected chi connectivity index (χ0v) is 12.2. The predicted molar refractivity (Wildman–Crippen MR) is 74.4 cm³/mol. The van der Waals surface area contributed by atoms with Crippen molar-refractivity contribution < 1.29 is 14.8 Å². The molecule has 0 amide bonds. The summed E-state index contributed by atoms with van der Waals surface area (Å²) in [5.41, 5.74) is 1.47. The molecule has 2 rings (SSSR count). The van der Waals surface area contributed by atoms with E-state index < -0.39 is 10.9 Å². The standard InChI is InChI=1S/C12H10BrN3O4/c1-6-3-11(9(13)4-10(6)16(19)20)15-5-8(12(17)18)7(2)14-15/h3-5H,1-2H3,(H,17,18). The molecule has 8 heteroatoms. The normalized spacial score (nSPS) is 10.6. The number of nitrogens with zero attached hydrogens (tertiary/aromatic N) is 3. The zero-order valence-electron chi connectivity index (χ0n) is 10.6. The number of hydrogen-bond acceptors (Lipinski definition) is 4. The minimum atomic E-state index is -1.07. The van der Waals surface area contributed by atoms with E-state index in [1.165, 1.54) is 16.9 Å². The van der Waals surface area contributed by atoms with Crippen LogP contribution in [-0.2, 0) is 0 Å². The lowest BCUT2D eigenvalue weighted by Gasteiger charge is -2.06. The van der Waals surface area contributed by atoms with Gasteiger partial charge in [0.15, 0.2) is 0 Å². The number of nitro benzene ring substituents is 1. The van der Waals surface area contributed by atoms with Crippen molar-refractivity contribution in [2.45, 2.75) is 13.8 Å². The first-order valence-electron chi connectivity index (χ1n) is 5.55. The van der Waals surface area contributed by atoms with Gasteiger partial charge in [-0.3, -0.25) is 10.1 Å². The molecule has 0 fully saturated rings. The van der Waals surface area contributed by atoms with Crippen molar-refractivity contribution in [1.82, 2.24) is 9.78 Å². The number of aromatic nitrogens is 2. The van der Waals surface area contributed by atoms with Gasteiger partial charge < -0.3 is 5.11 Å². The highest BCUT2D eigenvalue weighted by molar-refractivity contribution is 9.10. The largest absolute Gasteiger partial charge is 0.478 e. The molecule has 0 saturated heterocycles. The van der Waals surface area contributed by atoms with Crippen LogP contribution >= 0.6 is 15.9 Å². The summed E-state index contributed by atoms with van der Waals surface area (Å²) in [6, 6.07) is 2.96. The smallest absolute Gasteiger partial charge is 0.339 e. The molecule has 0 aliphatic heterocycles. The van der Waals surface area contributed by atoms with Gasteiger partial charge in [0.1, 0.15) is 5.56 Å². The number of hydrogen-bond donors (Lipinski definition) is 1. The molecule has 0 bridgehead atoms. The number of aryl methyl sites for hydroxylation is 2. The molecule has 20 heavy (non-hydrogen) atoms. The van der Waals surface area contributed by atoms with E-state index in [0.29, 0.717) is 21.4 Å². The van der Waals surface area contributed by atoms with E-state index in [-0.39, 0.29) is 11.3 Å². The van der Waals surface area contributed by atoms with Crippen molar-refractivity contribution in [2.75, 3.05) is 0 Å². The van der Waals surface area contributed by atoms with Crippen molar-refractivity contribution in [3.63, 3.8) is 0 Å². The molecule has 1 heterocycles. The number of aromatic carboxylic acids is 1. The lowest BCUT2D eigenvalue weighted by Crippen LogP contribution is -2.00. The van der Waals surface area contributed by atoms with Crippen LogP contribution in [0.4, 0.5) is 5.69 Å². The third-order valence-corrected chi connectivity index (χ3v) is 3.47. The summed E-state index contributed by atoms with van der Waals surface area (Å²) < 4.78 is 1.86. The van der Waals surface area contributed by atoms with Crippen LogP contribution in [0.3, 0.4) is 0 Å². The van der Waals surface area contributed by atoms with E-state index in [1.807, 2.05) is 0 Å². The van der Waals surface area contributed by atoms with Crippen LogP contribution < -0.4 is 0 Å². The third-order valence-electron chi connectivity index (χ3n) is 2.84. The van der Waals surface area contributed by atoms with Crippen molar-refractivity contribution >= 4 is 27.6 Å². The van der Waals surface area contributed by atoms with E-state index >= 15 is 0 Å². The summed E-state index contributed by atoms with van der Waals surface area (Å²) in [4.78, 5) is 21.4. The molecular formula is C12H10BrN3O4. The van der Waals surface area contributed by atoms with Gasteiger partial charge in [-0.15, -0.1) is 0 Å². The van der Waals surface area contributed by atoms with Crippen LogP contribution in [0.2, 0.25) is 0 Å². The molecule has 0 aliphatic rings. The Morgan fingerprint density at radius 3 is 2.60 bits per heavy atom. The number of carboxylic acid groups (broad SMARTS) is 1. The van der Waals surface area contributed by atoms with E-state index in [0.717, 1.165) is 0 Å². The number of nitro groups is 1. The van der Waals surface area contributed by atoms with Gasteiger partial charge >= 0.3 is 5.97 Å². The fourth-order valence-corrected chi connectivity index (χ4v) is 2.33. The van der Waals surface area contributed by atoms with Crippen LogP contribution in [-0.4, -0.2) is 25.8 Å². The van der Waals surface area contributed by atoms with Crippen molar-refractivity contribution in [3.8, 4) is 5.69 Å². The lowest BCUT2D eigenvalue weighted by atomic mass is 10.2. The Balaban J connectivity index is 2.59. The molecule has 1 aromatic carbocycles. The second-order valence-corrected chi connectivity index (χ2v) is 5.08. The highest BCUT2D eigenvalue weighted by Gasteiger charge is 2.18. The molecule has 7 nitrogen and oxygen atoms in total. The Kier molecular flexibility index (Phi) is 3.58. The molecule has 0 unspecified atom stereocenters. The Hall–Kier alpha value is -2.22. The number of carbonyl (C=O) groups is 1. The average Bonchev–Trinajstić information content (AvgIpc) is 2.73. The lowest BCUT2D eigenvalue weighted by molar-refractivity contribution is -0.385. The maximum absolute atomic E-state index is 11.0. The summed E-state index contributed by atoms with van der Waals surface area (Å²) in [5.74, 6) is -1.07. The van der Waals surface area contributed by atoms with Gasteiger partial charge in [0.25, 0.3) is 5.69 Å². The van der Waals surface area contributed by atoms with Crippen LogP contribution in [0.5, 0.6) is 0 Å². The monoisotopic (exact) mass is 339 g/mol. The molecule has 1 aromatic heterocycles. The van der Waals surface area contributed by atoms with Gasteiger partial charge in [0.05, 0.1) is 20.8 Å².